The lowest BCUT2D eigenvalue weighted by atomic mass is 10.0. The van der Waals surface area contributed by atoms with Gasteiger partial charge in [0.2, 0.25) is 0 Å². The Labute approximate surface area is 164 Å². The summed E-state index contributed by atoms with van der Waals surface area (Å²) in [4.78, 5) is 28.6. The van der Waals surface area contributed by atoms with Crippen molar-refractivity contribution in [2.24, 2.45) is 0 Å². The highest BCUT2D eigenvalue weighted by atomic mass is 35.5. The molecule has 0 aliphatic carbocycles. The Morgan fingerprint density at radius 3 is 2.36 bits per heavy atom. The molecule has 1 aromatic heterocycles. The molecular weight excluding hydrogens is 399 g/mol. The number of aromatic nitrogens is 2. The van der Waals surface area contributed by atoms with Gasteiger partial charge in [-0.3, -0.25) is 4.57 Å². The second-order valence-electron chi connectivity index (χ2n) is 7.85. The van der Waals surface area contributed by atoms with Crippen molar-refractivity contribution in [1.82, 2.24) is 14.5 Å². The number of fused-ring (bicyclic) bond motifs is 1. The van der Waals surface area contributed by atoms with Gasteiger partial charge < -0.3 is 14.6 Å². The van der Waals surface area contributed by atoms with E-state index < -0.39 is 34.1 Å². The van der Waals surface area contributed by atoms with Gasteiger partial charge >= 0.3 is 18.0 Å². The number of benzene rings is 1. The highest BCUT2D eigenvalue weighted by Gasteiger charge is 2.35. The summed E-state index contributed by atoms with van der Waals surface area (Å²) < 4.78 is 45.9. The molecule has 1 N–H and O–H groups in total. The van der Waals surface area contributed by atoms with Gasteiger partial charge in [-0.25, -0.2) is 9.59 Å². The van der Waals surface area contributed by atoms with E-state index in [9.17, 15) is 22.8 Å². The minimum Gasteiger partial charge on any atom is -0.444 e. The number of nitrogens with zero attached hydrogens (tertiary/aromatic N) is 2. The molecule has 3 rings (SSSR count). The molecule has 10 heteroatoms. The smallest absolute Gasteiger partial charge is 0.417 e. The van der Waals surface area contributed by atoms with Gasteiger partial charge in [0.05, 0.1) is 21.6 Å². The molecule has 2 aromatic rings. The fraction of sp³-hybridized carbons (Fsp3) is 0.556. The van der Waals surface area contributed by atoms with E-state index in [0.29, 0.717) is 31.4 Å². The number of imidazole rings is 1. The molecule has 0 radical (unpaired) electrons. The predicted octanol–water partition coefficient (Wildman–Crippen LogP) is 4.57. The van der Waals surface area contributed by atoms with Gasteiger partial charge in [0.15, 0.2) is 0 Å². The zero-order chi connectivity index (χ0) is 20.9. The number of H-pyrrole nitrogens is 1. The molecule has 2 heterocycles. The third kappa shape index (κ3) is 4.14. The van der Waals surface area contributed by atoms with Crippen LogP contribution in [0.1, 0.15) is 45.2 Å². The standard InChI is InChI=1S/C18H21ClF3N3O3/c1-17(2,3)28-16(27)24-6-4-10(5-7-24)25-14-9-12(19)11(18(20,21)22)8-13(14)23-15(25)26/h8-10H,4-7H2,1-3H3,(H,23,26). The number of likely N-dealkylation sites (tertiary alicyclic amines) is 1. The molecule has 0 spiro atoms. The molecule has 154 valence electrons. The molecule has 0 unspecified atom stereocenters. The number of piperidine rings is 1. The predicted molar refractivity (Wildman–Crippen MR) is 98.6 cm³/mol. The van der Waals surface area contributed by atoms with Crippen LogP contribution in [0, 0.1) is 0 Å². The molecule has 0 atom stereocenters. The van der Waals surface area contributed by atoms with Crippen LogP contribution < -0.4 is 5.69 Å². The van der Waals surface area contributed by atoms with Gasteiger partial charge in [-0.1, -0.05) is 11.6 Å². The monoisotopic (exact) mass is 419 g/mol. The maximum absolute atomic E-state index is 13.0. The highest BCUT2D eigenvalue weighted by Crippen LogP contribution is 2.37. The number of alkyl halides is 3. The van der Waals surface area contributed by atoms with Gasteiger partial charge in [0.1, 0.15) is 5.60 Å². The van der Waals surface area contributed by atoms with Crippen LogP contribution in [0.3, 0.4) is 0 Å². The van der Waals surface area contributed by atoms with E-state index >= 15 is 0 Å². The van der Waals surface area contributed by atoms with Gasteiger partial charge in [-0.15, -0.1) is 0 Å². The maximum Gasteiger partial charge on any atom is 0.417 e. The van der Waals surface area contributed by atoms with Crippen LogP contribution in [0.25, 0.3) is 11.0 Å². The van der Waals surface area contributed by atoms with E-state index in [4.69, 9.17) is 16.3 Å². The van der Waals surface area contributed by atoms with Crippen molar-refractivity contribution < 1.29 is 22.7 Å². The van der Waals surface area contributed by atoms with Gasteiger partial charge in [0, 0.05) is 19.1 Å². The summed E-state index contributed by atoms with van der Waals surface area (Å²) in [7, 11) is 0. The topological polar surface area (TPSA) is 67.3 Å². The summed E-state index contributed by atoms with van der Waals surface area (Å²) in [5, 5.41) is -0.459. The summed E-state index contributed by atoms with van der Waals surface area (Å²) >= 11 is 5.82. The van der Waals surface area contributed by atoms with E-state index in [1.165, 1.54) is 4.57 Å². The van der Waals surface area contributed by atoms with Crippen molar-refractivity contribution in [3.63, 3.8) is 0 Å². The number of aromatic amines is 1. The molecule has 1 aliphatic rings. The van der Waals surface area contributed by atoms with Crippen LogP contribution in [0.5, 0.6) is 0 Å². The van der Waals surface area contributed by atoms with Crippen molar-refractivity contribution in [2.45, 2.75) is 51.4 Å². The largest absolute Gasteiger partial charge is 0.444 e. The second-order valence-corrected chi connectivity index (χ2v) is 8.25. The van der Waals surface area contributed by atoms with Crippen LogP contribution in [0.2, 0.25) is 5.02 Å². The van der Waals surface area contributed by atoms with Gasteiger partial charge in [-0.2, -0.15) is 13.2 Å². The average molecular weight is 420 g/mol. The molecule has 0 saturated carbocycles. The van der Waals surface area contributed by atoms with Crippen molar-refractivity contribution in [2.75, 3.05) is 13.1 Å². The lowest BCUT2D eigenvalue weighted by Crippen LogP contribution is -2.43. The maximum atomic E-state index is 13.0. The highest BCUT2D eigenvalue weighted by molar-refractivity contribution is 6.32. The van der Waals surface area contributed by atoms with Crippen LogP contribution >= 0.6 is 11.6 Å². The molecule has 1 aliphatic heterocycles. The molecule has 28 heavy (non-hydrogen) atoms. The van der Waals surface area contributed by atoms with Crippen LogP contribution in [0.15, 0.2) is 16.9 Å². The zero-order valence-electron chi connectivity index (χ0n) is 15.7. The summed E-state index contributed by atoms with van der Waals surface area (Å²) in [6.07, 6.45) is -4.08. The number of hydrogen-bond donors (Lipinski definition) is 1. The van der Waals surface area contributed by atoms with Crippen LogP contribution in [-0.2, 0) is 10.9 Å². The third-order valence-corrected chi connectivity index (χ3v) is 4.90. The van der Waals surface area contributed by atoms with Crippen molar-refractivity contribution in [3.05, 3.63) is 33.2 Å². The summed E-state index contributed by atoms with van der Waals surface area (Å²) in [6.45, 7) is 6.10. The van der Waals surface area contributed by atoms with Crippen LogP contribution in [-0.4, -0.2) is 39.2 Å². The van der Waals surface area contributed by atoms with Crippen molar-refractivity contribution >= 4 is 28.7 Å². The Morgan fingerprint density at radius 2 is 1.82 bits per heavy atom. The van der Waals surface area contributed by atoms with Crippen molar-refractivity contribution in [1.29, 1.82) is 0 Å². The molecule has 1 saturated heterocycles. The Kier molecular flexibility index (Phi) is 5.16. The first-order chi connectivity index (χ1) is 12.9. The second kappa shape index (κ2) is 7.02. The first kappa shape index (κ1) is 20.6. The van der Waals surface area contributed by atoms with E-state index in [0.717, 1.165) is 12.1 Å². The van der Waals surface area contributed by atoms with Gasteiger partial charge in [-0.05, 0) is 45.7 Å². The van der Waals surface area contributed by atoms with E-state index in [1.807, 2.05) is 0 Å². The lowest BCUT2D eigenvalue weighted by molar-refractivity contribution is -0.137. The number of hydrogen-bond acceptors (Lipinski definition) is 3. The fourth-order valence-electron chi connectivity index (χ4n) is 3.36. The number of rotatable bonds is 1. The average Bonchev–Trinajstić information content (AvgIpc) is 2.86. The Balaban J connectivity index is 1.84. The minimum atomic E-state index is -4.61. The summed E-state index contributed by atoms with van der Waals surface area (Å²) in [6, 6.07) is 1.76. The lowest BCUT2D eigenvalue weighted by Gasteiger charge is -2.33. The number of carbonyl (C=O) groups excluding carboxylic acids is 1. The molecule has 0 bridgehead atoms. The summed E-state index contributed by atoms with van der Waals surface area (Å²) in [5.41, 5.74) is -1.69. The Morgan fingerprint density at radius 1 is 1.21 bits per heavy atom. The first-order valence-electron chi connectivity index (χ1n) is 8.86. The third-order valence-electron chi connectivity index (χ3n) is 4.59. The molecule has 1 amide bonds. The van der Waals surface area contributed by atoms with Crippen molar-refractivity contribution in [3.8, 4) is 0 Å². The minimum absolute atomic E-state index is 0.0799. The summed E-state index contributed by atoms with van der Waals surface area (Å²) in [5.74, 6) is 0. The van der Waals surface area contributed by atoms with E-state index in [-0.39, 0.29) is 11.6 Å². The number of ether oxygens (including phenoxy) is 1. The molecule has 6 nitrogen and oxygen atoms in total. The Bertz CT molecular complexity index is 951. The zero-order valence-corrected chi connectivity index (χ0v) is 16.4. The quantitative estimate of drug-likeness (QED) is 0.736. The Hall–Kier alpha value is -2.16. The fourth-order valence-corrected chi connectivity index (χ4v) is 3.62. The molecule has 1 aromatic carbocycles. The van der Waals surface area contributed by atoms with E-state index in [2.05, 4.69) is 4.98 Å². The number of carbonyl (C=O) groups is 1. The first-order valence-corrected chi connectivity index (χ1v) is 9.23. The number of halogens is 4. The molecule has 1 fully saturated rings. The number of amides is 1. The number of nitrogens with one attached hydrogen (secondary N) is 1. The normalized spacial score (nSPS) is 16.6. The molecular formula is C18H21ClF3N3O3. The van der Waals surface area contributed by atoms with E-state index in [1.54, 1.807) is 25.7 Å². The van der Waals surface area contributed by atoms with Gasteiger partial charge in [0.25, 0.3) is 0 Å². The van der Waals surface area contributed by atoms with Crippen LogP contribution in [0.4, 0.5) is 18.0 Å². The SMILES string of the molecule is CC(C)(C)OC(=O)N1CCC(n2c(=O)[nH]c3cc(C(F)(F)F)c(Cl)cc32)CC1.